The van der Waals surface area contributed by atoms with Crippen molar-refractivity contribution in [2.75, 3.05) is 6.26 Å². The molecule has 0 atom stereocenters. The van der Waals surface area contributed by atoms with Gasteiger partial charge >= 0.3 is 0 Å². The van der Waals surface area contributed by atoms with E-state index in [1.807, 2.05) is 20.1 Å². The number of H-pyrrole nitrogens is 1. The topological polar surface area (TPSA) is 77.2 Å². The van der Waals surface area contributed by atoms with Gasteiger partial charge in [-0.25, -0.2) is 4.99 Å². The third-order valence-corrected chi connectivity index (χ3v) is 2.90. The molecule has 0 saturated carbocycles. The number of nitriles is 1. The quantitative estimate of drug-likeness (QED) is 0.507. The summed E-state index contributed by atoms with van der Waals surface area (Å²) < 4.78 is 0. The Morgan fingerprint density at radius 2 is 2.35 bits per heavy atom. The lowest BCUT2D eigenvalue weighted by Crippen LogP contribution is -1.92. The molecule has 17 heavy (non-hydrogen) atoms. The summed E-state index contributed by atoms with van der Waals surface area (Å²) in [7, 11) is 0. The first kappa shape index (κ1) is 13.5. The van der Waals surface area contributed by atoms with Crippen LogP contribution in [0.25, 0.3) is 0 Å². The van der Waals surface area contributed by atoms with Crippen LogP contribution in [-0.2, 0) is 6.42 Å². The maximum Gasteiger partial charge on any atom is 0.208 e. The van der Waals surface area contributed by atoms with E-state index >= 15 is 0 Å². The van der Waals surface area contributed by atoms with Crippen LogP contribution < -0.4 is 0 Å². The lowest BCUT2D eigenvalue weighted by molar-refractivity contribution is 1.02. The molecule has 1 heterocycles. The van der Waals surface area contributed by atoms with E-state index in [9.17, 15) is 0 Å². The van der Waals surface area contributed by atoms with Gasteiger partial charge in [0.2, 0.25) is 6.19 Å². The molecule has 5 nitrogen and oxygen atoms in total. The number of aromatic amines is 1. The third kappa shape index (κ3) is 4.04. The van der Waals surface area contributed by atoms with Crippen LogP contribution in [0.2, 0.25) is 0 Å². The molecular weight excluding hydrogens is 234 g/mol. The molecule has 0 spiro atoms. The van der Waals surface area contributed by atoms with E-state index in [0.29, 0.717) is 5.17 Å². The Morgan fingerprint density at radius 3 is 2.88 bits per heavy atom. The smallest absolute Gasteiger partial charge is 0.208 e. The molecule has 1 aromatic rings. The fraction of sp³-hybridized carbons (Fsp3) is 0.455. The zero-order chi connectivity index (χ0) is 12.7. The average molecular weight is 249 g/mol. The summed E-state index contributed by atoms with van der Waals surface area (Å²) in [4.78, 5) is 7.71. The summed E-state index contributed by atoms with van der Waals surface area (Å²) in [6.45, 7) is 4.00. The highest BCUT2D eigenvalue weighted by molar-refractivity contribution is 8.13. The van der Waals surface area contributed by atoms with Crippen molar-refractivity contribution in [2.24, 2.45) is 9.98 Å². The van der Waals surface area contributed by atoms with Gasteiger partial charge in [-0.05, 0) is 38.5 Å². The van der Waals surface area contributed by atoms with E-state index in [4.69, 9.17) is 5.26 Å². The SMILES string of the molecule is CSC(N=CCCc1c(C)n[nH]c1C)=NC#N. The number of amidine groups is 1. The molecule has 1 N–H and O–H groups in total. The van der Waals surface area contributed by atoms with Gasteiger partial charge < -0.3 is 0 Å². The second-order valence-corrected chi connectivity index (χ2v) is 4.23. The molecule has 1 rings (SSSR count). The van der Waals surface area contributed by atoms with Crippen molar-refractivity contribution in [2.45, 2.75) is 26.7 Å². The lowest BCUT2D eigenvalue weighted by atomic mass is 10.1. The van der Waals surface area contributed by atoms with Gasteiger partial charge in [-0.1, -0.05) is 11.8 Å². The highest BCUT2D eigenvalue weighted by Gasteiger charge is 2.04. The van der Waals surface area contributed by atoms with E-state index < -0.39 is 0 Å². The predicted molar refractivity (Wildman–Crippen MR) is 71.4 cm³/mol. The Balaban J connectivity index is 2.51. The van der Waals surface area contributed by atoms with Gasteiger partial charge in [-0.2, -0.15) is 10.4 Å². The molecule has 0 unspecified atom stereocenters. The van der Waals surface area contributed by atoms with Crippen LogP contribution in [0, 0.1) is 25.3 Å². The lowest BCUT2D eigenvalue weighted by Gasteiger charge is -1.97. The number of hydrogen-bond acceptors (Lipinski definition) is 4. The molecule has 0 aromatic carbocycles. The molecule has 6 heteroatoms. The van der Waals surface area contributed by atoms with Gasteiger partial charge in [0.15, 0.2) is 5.17 Å². The highest BCUT2D eigenvalue weighted by atomic mass is 32.2. The number of aryl methyl sites for hydroxylation is 2. The Hall–Kier alpha value is -1.61. The monoisotopic (exact) mass is 249 g/mol. The van der Waals surface area contributed by atoms with Crippen LogP contribution in [0.3, 0.4) is 0 Å². The number of rotatable bonds is 3. The van der Waals surface area contributed by atoms with E-state index in [1.54, 1.807) is 12.4 Å². The van der Waals surface area contributed by atoms with E-state index in [-0.39, 0.29) is 0 Å². The van der Waals surface area contributed by atoms with Crippen LogP contribution in [0.15, 0.2) is 9.98 Å². The summed E-state index contributed by atoms with van der Waals surface area (Å²) in [5, 5.41) is 16.0. The average Bonchev–Trinajstić information content (AvgIpc) is 2.64. The molecule has 0 fully saturated rings. The Kier molecular flexibility index (Phi) is 5.43. The third-order valence-electron chi connectivity index (χ3n) is 2.33. The van der Waals surface area contributed by atoms with E-state index in [0.717, 1.165) is 24.2 Å². The maximum absolute atomic E-state index is 8.41. The van der Waals surface area contributed by atoms with E-state index in [2.05, 4.69) is 20.2 Å². The van der Waals surface area contributed by atoms with Crippen molar-refractivity contribution in [3.05, 3.63) is 17.0 Å². The van der Waals surface area contributed by atoms with Crippen molar-refractivity contribution >= 4 is 23.1 Å². The fourth-order valence-corrected chi connectivity index (χ4v) is 1.78. The Labute approximate surface area is 105 Å². The molecular formula is C11H15N5S. The van der Waals surface area contributed by atoms with Gasteiger partial charge in [0.05, 0.1) is 5.69 Å². The maximum atomic E-state index is 8.41. The van der Waals surface area contributed by atoms with Crippen molar-refractivity contribution in [3.8, 4) is 6.19 Å². The second kappa shape index (κ2) is 6.86. The molecule has 0 bridgehead atoms. The van der Waals surface area contributed by atoms with Crippen LogP contribution in [0.1, 0.15) is 23.4 Å². The van der Waals surface area contributed by atoms with Crippen molar-refractivity contribution in [1.29, 1.82) is 5.26 Å². The molecule has 0 radical (unpaired) electrons. The normalized spacial score (nSPS) is 12.0. The predicted octanol–water partition coefficient (Wildman–Crippen LogP) is 2.23. The first-order valence-corrected chi connectivity index (χ1v) is 6.45. The van der Waals surface area contributed by atoms with E-state index in [1.165, 1.54) is 17.3 Å². The largest absolute Gasteiger partial charge is 0.282 e. The second-order valence-electron chi connectivity index (χ2n) is 3.46. The zero-order valence-electron chi connectivity index (χ0n) is 10.2. The zero-order valence-corrected chi connectivity index (χ0v) is 11.0. The van der Waals surface area contributed by atoms with Crippen molar-refractivity contribution < 1.29 is 0 Å². The molecule has 0 aliphatic heterocycles. The molecule has 0 aliphatic carbocycles. The number of nitrogens with zero attached hydrogens (tertiary/aromatic N) is 4. The fourth-order valence-electron chi connectivity index (χ4n) is 1.46. The van der Waals surface area contributed by atoms with Crippen molar-refractivity contribution in [1.82, 2.24) is 10.2 Å². The highest BCUT2D eigenvalue weighted by Crippen LogP contribution is 2.11. The van der Waals surface area contributed by atoms with Crippen LogP contribution >= 0.6 is 11.8 Å². The van der Waals surface area contributed by atoms with Crippen LogP contribution in [0.5, 0.6) is 0 Å². The number of aliphatic imine (C=N–C) groups is 2. The van der Waals surface area contributed by atoms with Crippen LogP contribution in [0.4, 0.5) is 0 Å². The van der Waals surface area contributed by atoms with Gasteiger partial charge in [0, 0.05) is 11.9 Å². The summed E-state index contributed by atoms with van der Waals surface area (Å²) >= 11 is 1.36. The summed E-state index contributed by atoms with van der Waals surface area (Å²) in [6.07, 6.45) is 7.07. The van der Waals surface area contributed by atoms with Crippen molar-refractivity contribution in [3.63, 3.8) is 0 Å². The first-order chi connectivity index (χ1) is 8.19. The van der Waals surface area contributed by atoms with Gasteiger partial charge in [-0.15, -0.1) is 4.99 Å². The minimum atomic E-state index is 0.494. The number of hydrogen-bond donors (Lipinski definition) is 1. The summed E-state index contributed by atoms with van der Waals surface area (Å²) in [5.74, 6) is 0. The molecule has 0 amide bonds. The standard InChI is InChI=1S/C11H15N5S/c1-8-10(9(2)16-15-8)5-4-6-13-11(17-3)14-7-12/h6H,4-5H2,1-3H3,(H,15,16). The minimum absolute atomic E-state index is 0.494. The number of aromatic nitrogens is 2. The molecule has 0 aliphatic rings. The van der Waals surface area contributed by atoms with Crippen LogP contribution in [-0.4, -0.2) is 27.8 Å². The molecule has 0 saturated heterocycles. The molecule has 1 aromatic heterocycles. The van der Waals surface area contributed by atoms with Gasteiger partial charge in [0.1, 0.15) is 0 Å². The molecule has 90 valence electrons. The summed E-state index contributed by atoms with van der Waals surface area (Å²) in [5.41, 5.74) is 3.37. The Morgan fingerprint density at radius 1 is 1.59 bits per heavy atom. The van der Waals surface area contributed by atoms with Gasteiger partial charge in [-0.3, -0.25) is 5.10 Å². The Bertz CT molecular complexity index is 447. The minimum Gasteiger partial charge on any atom is -0.282 e. The number of nitrogens with one attached hydrogen (secondary N) is 1. The van der Waals surface area contributed by atoms with Gasteiger partial charge in [0.25, 0.3) is 0 Å². The summed E-state index contributed by atoms with van der Waals surface area (Å²) in [6, 6.07) is 0. The first-order valence-electron chi connectivity index (χ1n) is 5.22. The number of thioether (sulfide) groups is 1.